The van der Waals surface area contributed by atoms with Crippen LogP contribution in [-0.4, -0.2) is 16.0 Å². The third kappa shape index (κ3) is 1.19. The molecule has 0 spiro atoms. The second kappa shape index (κ2) is 3.31. The SMILES string of the molecule is CC(=O)c1[nH]nc2c1CC1C(c3ccccc3)C21. The highest BCUT2D eigenvalue weighted by atomic mass is 16.1. The molecule has 1 saturated carbocycles. The van der Waals surface area contributed by atoms with Gasteiger partial charge >= 0.3 is 0 Å². The molecular weight excluding hydrogens is 224 g/mol. The zero-order valence-corrected chi connectivity index (χ0v) is 10.2. The van der Waals surface area contributed by atoms with Crippen LogP contribution < -0.4 is 0 Å². The number of aromatic nitrogens is 2. The Morgan fingerprint density at radius 1 is 1.28 bits per heavy atom. The number of aromatic amines is 1. The molecule has 0 aliphatic heterocycles. The van der Waals surface area contributed by atoms with Crippen molar-refractivity contribution in [3.05, 3.63) is 52.8 Å². The van der Waals surface area contributed by atoms with Gasteiger partial charge in [0.05, 0.1) is 5.69 Å². The number of fused-ring (bicyclic) bond motifs is 3. The molecule has 3 nitrogen and oxygen atoms in total. The average Bonchev–Trinajstić information content (AvgIpc) is 2.75. The van der Waals surface area contributed by atoms with Crippen LogP contribution in [0.2, 0.25) is 0 Å². The number of rotatable bonds is 2. The maximum absolute atomic E-state index is 11.5. The minimum absolute atomic E-state index is 0.0984. The van der Waals surface area contributed by atoms with Crippen LogP contribution in [0.4, 0.5) is 0 Å². The van der Waals surface area contributed by atoms with Crippen LogP contribution in [0, 0.1) is 5.92 Å². The van der Waals surface area contributed by atoms with Gasteiger partial charge in [-0.05, 0) is 23.8 Å². The van der Waals surface area contributed by atoms with Gasteiger partial charge in [-0.25, -0.2) is 0 Å². The summed E-state index contributed by atoms with van der Waals surface area (Å²) in [6.45, 7) is 1.60. The summed E-state index contributed by atoms with van der Waals surface area (Å²) >= 11 is 0. The molecule has 90 valence electrons. The van der Waals surface area contributed by atoms with Crippen molar-refractivity contribution in [2.75, 3.05) is 0 Å². The van der Waals surface area contributed by atoms with E-state index in [0.717, 1.165) is 17.8 Å². The Bertz CT molecular complexity index is 629. The van der Waals surface area contributed by atoms with Crippen LogP contribution >= 0.6 is 0 Å². The molecule has 1 N–H and O–H groups in total. The van der Waals surface area contributed by atoms with E-state index in [0.29, 0.717) is 17.8 Å². The van der Waals surface area contributed by atoms with Crippen LogP contribution in [0.5, 0.6) is 0 Å². The summed E-state index contributed by atoms with van der Waals surface area (Å²) in [6, 6.07) is 10.6. The van der Waals surface area contributed by atoms with E-state index in [9.17, 15) is 4.79 Å². The largest absolute Gasteiger partial charge is 0.293 e. The summed E-state index contributed by atoms with van der Waals surface area (Å²) in [7, 11) is 0. The Balaban J connectivity index is 1.69. The molecule has 0 amide bonds. The van der Waals surface area contributed by atoms with Crippen molar-refractivity contribution in [1.82, 2.24) is 10.2 Å². The zero-order valence-electron chi connectivity index (χ0n) is 10.2. The number of carbonyl (C=O) groups excluding carboxylic acids is 1. The molecule has 0 saturated heterocycles. The van der Waals surface area contributed by atoms with E-state index in [-0.39, 0.29) is 5.78 Å². The molecular formula is C15H14N2O. The third-order valence-electron chi connectivity index (χ3n) is 4.36. The lowest BCUT2D eigenvalue weighted by molar-refractivity contribution is 0.101. The topological polar surface area (TPSA) is 45.8 Å². The molecule has 3 atom stereocenters. The monoisotopic (exact) mass is 238 g/mol. The van der Waals surface area contributed by atoms with Gasteiger partial charge in [0.25, 0.3) is 0 Å². The Labute approximate surface area is 105 Å². The molecule has 18 heavy (non-hydrogen) atoms. The number of ketones is 1. The molecule has 0 radical (unpaired) electrons. The maximum atomic E-state index is 11.5. The molecule has 3 heteroatoms. The molecule has 2 aliphatic rings. The minimum Gasteiger partial charge on any atom is -0.293 e. The lowest BCUT2D eigenvalue weighted by Crippen LogP contribution is -1.99. The molecule has 4 rings (SSSR count). The normalized spacial score (nSPS) is 27.7. The molecule has 2 aliphatic carbocycles. The number of nitrogens with one attached hydrogen (secondary N) is 1. The lowest BCUT2D eigenvalue weighted by Gasteiger charge is -2.03. The van der Waals surface area contributed by atoms with Gasteiger partial charge in [0.15, 0.2) is 5.78 Å². The predicted octanol–water partition coefficient (Wildman–Crippen LogP) is 2.67. The lowest BCUT2D eigenvalue weighted by atomic mass is 10.00. The van der Waals surface area contributed by atoms with E-state index in [1.165, 1.54) is 11.1 Å². The third-order valence-corrected chi connectivity index (χ3v) is 4.36. The van der Waals surface area contributed by atoms with Gasteiger partial charge in [-0.3, -0.25) is 9.89 Å². The molecule has 0 bridgehead atoms. The van der Waals surface area contributed by atoms with E-state index < -0.39 is 0 Å². The minimum atomic E-state index is 0.0984. The standard InChI is InChI=1S/C15H14N2O/c1-8(18)14-11-7-10-12(9-5-3-2-4-6-9)13(10)15(11)17-16-14/h2-6,10,12-13H,7H2,1H3,(H,16,17). The molecule has 1 fully saturated rings. The summed E-state index contributed by atoms with van der Waals surface area (Å²) in [5.74, 6) is 1.91. The molecule has 3 unspecified atom stereocenters. The molecule has 2 aromatic rings. The highest BCUT2D eigenvalue weighted by Crippen LogP contribution is 2.66. The molecule has 1 heterocycles. The summed E-state index contributed by atoms with van der Waals surface area (Å²) in [6.07, 6.45) is 1.00. The fourth-order valence-electron chi connectivity index (χ4n) is 3.52. The number of H-pyrrole nitrogens is 1. The van der Waals surface area contributed by atoms with Gasteiger partial charge in [-0.15, -0.1) is 0 Å². The van der Waals surface area contributed by atoms with Gasteiger partial charge in [-0.1, -0.05) is 30.3 Å². The van der Waals surface area contributed by atoms with Gasteiger partial charge in [0.2, 0.25) is 0 Å². The number of carbonyl (C=O) groups is 1. The predicted molar refractivity (Wildman–Crippen MR) is 67.7 cm³/mol. The van der Waals surface area contributed by atoms with Crippen molar-refractivity contribution in [1.29, 1.82) is 0 Å². The second-order valence-corrected chi connectivity index (χ2v) is 5.35. The van der Waals surface area contributed by atoms with Crippen LogP contribution in [0.25, 0.3) is 0 Å². The fourth-order valence-corrected chi connectivity index (χ4v) is 3.52. The number of benzene rings is 1. The molecule has 1 aromatic carbocycles. The highest BCUT2D eigenvalue weighted by molar-refractivity contribution is 5.94. The van der Waals surface area contributed by atoms with Crippen LogP contribution in [-0.2, 0) is 6.42 Å². The van der Waals surface area contributed by atoms with E-state index in [1.807, 2.05) is 0 Å². The summed E-state index contributed by atoms with van der Waals surface area (Å²) in [5, 5.41) is 7.28. The average molecular weight is 238 g/mol. The van der Waals surface area contributed by atoms with E-state index in [4.69, 9.17) is 0 Å². The van der Waals surface area contributed by atoms with E-state index in [2.05, 4.69) is 40.5 Å². The summed E-state index contributed by atoms with van der Waals surface area (Å²) < 4.78 is 0. The van der Waals surface area contributed by atoms with Crippen molar-refractivity contribution >= 4 is 5.78 Å². The Morgan fingerprint density at radius 2 is 2.06 bits per heavy atom. The van der Waals surface area contributed by atoms with E-state index in [1.54, 1.807) is 6.92 Å². The van der Waals surface area contributed by atoms with Crippen molar-refractivity contribution in [2.45, 2.75) is 25.2 Å². The van der Waals surface area contributed by atoms with Gasteiger partial charge < -0.3 is 0 Å². The van der Waals surface area contributed by atoms with Crippen molar-refractivity contribution in [2.24, 2.45) is 5.92 Å². The van der Waals surface area contributed by atoms with Crippen LogP contribution in [0.3, 0.4) is 0 Å². The zero-order chi connectivity index (χ0) is 12.3. The van der Waals surface area contributed by atoms with Crippen molar-refractivity contribution in [3.8, 4) is 0 Å². The number of nitrogens with zero attached hydrogens (tertiary/aromatic N) is 1. The van der Waals surface area contributed by atoms with Gasteiger partial charge in [0.1, 0.15) is 5.69 Å². The van der Waals surface area contributed by atoms with Crippen LogP contribution in [0.1, 0.15) is 46.1 Å². The van der Waals surface area contributed by atoms with Crippen LogP contribution in [0.15, 0.2) is 30.3 Å². The fraction of sp³-hybridized carbons (Fsp3) is 0.333. The van der Waals surface area contributed by atoms with Gasteiger partial charge in [-0.2, -0.15) is 5.10 Å². The smallest absolute Gasteiger partial charge is 0.177 e. The first kappa shape index (κ1) is 10.1. The quantitative estimate of drug-likeness (QED) is 0.817. The van der Waals surface area contributed by atoms with Gasteiger partial charge in [0, 0.05) is 18.4 Å². The summed E-state index contributed by atoms with van der Waals surface area (Å²) in [5.41, 5.74) is 4.44. The first-order chi connectivity index (χ1) is 8.77. The summed E-state index contributed by atoms with van der Waals surface area (Å²) in [4.78, 5) is 11.5. The maximum Gasteiger partial charge on any atom is 0.177 e. The van der Waals surface area contributed by atoms with Crippen molar-refractivity contribution in [3.63, 3.8) is 0 Å². The Kier molecular flexibility index (Phi) is 1.85. The second-order valence-electron chi connectivity index (χ2n) is 5.35. The Hall–Kier alpha value is -1.90. The number of hydrogen-bond acceptors (Lipinski definition) is 2. The van der Waals surface area contributed by atoms with E-state index >= 15 is 0 Å². The van der Waals surface area contributed by atoms with Crippen molar-refractivity contribution < 1.29 is 4.79 Å². The Morgan fingerprint density at radius 3 is 2.78 bits per heavy atom. The first-order valence-corrected chi connectivity index (χ1v) is 6.40. The number of Topliss-reactive ketones (excluding diaryl/α,β-unsaturated/α-hetero) is 1. The first-order valence-electron chi connectivity index (χ1n) is 6.40. The molecule has 1 aromatic heterocycles. The number of hydrogen-bond donors (Lipinski definition) is 1. The highest BCUT2D eigenvalue weighted by Gasteiger charge is 2.58.